The molecule has 0 aliphatic carbocycles. The van der Waals surface area contributed by atoms with Gasteiger partial charge in [0.25, 0.3) is 0 Å². The monoisotopic (exact) mass is 269 g/mol. The van der Waals surface area contributed by atoms with Gasteiger partial charge in [0.15, 0.2) is 0 Å². The third kappa shape index (κ3) is 3.84. The predicted molar refractivity (Wildman–Crippen MR) is 84.2 cm³/mol. The molecule has 2 heteroatoms. The van der Waals surface area contributed by atoms with E-state index in [2.05, 4.69) is 36.4 Å². The molecule has 0 amide bonds. The van der Waals surface area contributed by atoms with Gasteiger partial charge in [-0.05, 0) is 50.1 Å². The fourth-order valence-corrected chi connectivity index (χ4v) is 2.43. The summed E-state index contributed by atoms with van der Waals surface area (Å²) < 4.78 is 5.69. The Morgan fingerprint density at radius 2 is 1.50 bits per heavy atom. The normalized spacial score (nSPS) is 12.4. The van der Waals surface area contributed by atoms with Gasteiger partial charge in [0.2, 0.25) is 0 Å². The van der Waals surface area contributed by atoms with Gasteiger partial charge in [-0.25, -0.2) is 0 Å². The third-order valence-corrected chi connectivity index (χ3v) is 3.31. The molecule has 0 spiro atoms. The number of benzene rings is 2. The topological polar surface area (TPSA) is 35.2 Å². The summed E-state index contributed by atoms with van der Waals surface area (Å²) in [6.45, 7) is 4.76. The lowest BCUT2D eigenvalue weighted by molar-refractivity contribution is 0.242. The van der Waals surface area contributed by atoms with Crippen molar-refractivity contribution in [1.29, 1.82) is 0 Å². The summed E-state index contributed by atoms with van der Waals surface area (Å²) in [5.41, 5.74) is 8.38. The highest BCUT2D eigenvalue weighted by atomic mass is 16.5. The van der Waals surface area contributed by atoms with Crippen molar-refractivity contribution in [2.45, 2.75) is 32.3 Å². The van der Waals surface area contributed by atoms with Gasteiger partial charge >= 0.3 is 0 Å². The molecule has 0 heterocycles. The first-order valence-corrected chi connectivity index (χ1v) is 7.22. The molecule has 20 heavy (non-hydrogen) atoms. The van der Waals surface area contributed by atoms with Crippen molar-refractivity contribution in [3.05, 3.63) is 65.7 Å². The predicted octanol–water partition coefficient (Wildman–Crippen LogP) is 3.95. The Kier molecular flexibility index (Phi) is 5.19. The molecule has 2 aromatic carbocycles. The summed E-state index contributed by atoms with van der Waals surface area (Å²) in [5.74, 6) is 1.28. The molecule has 0 saturated carbocycles. The SMILES string of the molecule is CC(C)Oc1ccc([C@H](CCN)c2ccccc2)cc1. The van der Waals surface area contributed by atoms with Crippen LogP contribution in [0.3, 0.4) is 0 Å². The number of nitrogens with two attached hydrogens (primary N) is 1. The number of hydrogen-bond acceptors (Lipinski definition) is 2. The minimum atomic E-state index is 0.204. The van der Waals surface area contributed by atoms with Crippen LogP contribution in [0.1, 0.15) is 37.3 Å². The van der Waals surface area contributed by atoms with E-state index in [9.17, 15) is 0 Å². The molecule has 0 bridgehead atoms. The first kappa shape index (κ1) is 14.6. The average molecular weight is 269 g/mol. The van der Waals surface area contributed by atoms with E-state index in [1.165, 1.54) is 11.1 Å². The van der Waals surface area contributed by atoms with Crippen molar-refractivity contribution < 1.29 is 4.74 Å². The fraction of sp³-hybridized carbons (Fsp3) is 0.333. The van der Waals surface area contributed by atoms with Crippen LogP contribution in [-0.4, -0.2) is 12.6 Å². The number of hydrogen-bond donors (Lipinski definition) is 1. The van der Waals surface area contributed by atoms with Crippen molar-refractivity contribution in [2.75, 3.05) is 6.54 Å². The van der Waals surface area contributed by atoms with Crippen molar-refractivity contribution in [3.8, 4) is 5.75 Å². The summed E-state index contributed by atoms with van der Waals surface area (Å²) in [4.78, 5) is 0. The maximum atomic E-state index is 5.78. The molecule has 1 atom stereocenters. The van der Waals surface area contributed by atoms with Crippen LogP contribution >= 0.6 is 0 Å². The van der Waals surface area contributed by atoms with E-state index in [0.717, 1.165) is 12.2 Å². The maximum Gasteiger partial charge on any atom is 0.119 e. The zero-order valence-corrected chi connectivity index (χ0v) is 12.3. The highest BCUT2D eigenvalue weighted by Gasteiger charge is 2.13. The van der Waals surface area contributed by atoms with Gasteiger partial charge in [-0.1, -0.05) is 42.5 Å². The second-order valence-electron chi connectivity index (χ2n) is 5.28. The molecule has 2 nitrogen and oxygen atoms in total. The Bertz CT molecular complexity index is 505. The van der Waals surface area contributed by atoms with Crippen LogP contribution in [-0.2, 0) is 0 Å². The van der Waals surface area contributed by atoms with E-state index in [1.807, 2.05) is 32.0 Å². The van der Waals surface area contributed by atoms with Gasteiger partial charge in [-0.15, -0.1) is 0 Å². The Labute approximate surface area is 121 Å². The third-order valence-electron chi connectivity index (χ3n) is 3.31. The van der Waals surface area contributed by atoms with Gasteiger partial charge in [0.05, 0.1) is 6.10 Å². The minimum Gasteiger partial charge on any atom is -0.491 e. The first-order valence-electron chi connectivity index (χ1n) is 7.22. The quantitative estimate of drug-likeness (QED) is 0.861. The molecular formula is C18H23NO. The van der Waals surface area contributed by atoms with Gasteiger partial charge in [-0.3, -0.25) is 0 Å². The second kappa shape index (κ2) is 7.11. The van der Waals surface area contributed by atoms with Crippen LogP contribution < -0.4 is 10.5 Å². The molecule has 0 saturated heterocycles. The van der Waals surface area contributed by atoms with Crippen LogP contribution in [0.15, 0.2) is 54.6 Å². The molecule has 106 valence electrons. The summed E-state index contributed by atoms with van der Waals surface area (Å²) >= 11 is 0. The van der Waals surface area contributed by atoms with E-state index >= 15 is 0 Å². The van der Waals surface area contributed by atoms with Gasteiger partial charge in [-0.2, -0.15) is 0 Å². The van der Waals surface area contributed by atoms with E-state index in [1.54, 1.807) is 0 Å². The molecule has 0 aromatic heterocycles. The Balaban J connectivity index is 2.21. The van der Waals surface area contributed by atoms with Gasteiger partial charge < -0.3 is 10.5 Å². The second-order valence-corrected chi connectivity index (χ2v) is 5.28. The van der Waals surface area contributed by atoms with Crippen molar-refractivity contribution in [2.24, 2.45) is 5.73 Å². The maximum absolute atomic E-state index is 5.78. The zero-order valence-electron chi connectivity index (χ0n) is 12.3. The largest absolute Gasteiger partial charge is 0.491 e. The van der Waals surface area contributed by atoms with Crippen LogP contribution in [0, 0.1) is 0 Å². The van der Waals surface area contributed by atoms with Crippen LogP contribution in [0.4, 0.5) is 0 Å². The number of ether oxygens (including phenoxy) is 1. The first-order chi connectivity index (χ1) is 9.70. The summed E-state index contributed by atoms with van der Waals surface area (Å²) in [5, 5.41) is 0. The van der Waals surface area contributed by atoms with E-state index in [4.69, 9.17) is 10.5 Å². The van der Waals surface area contributed by atoms with Gasteiger partial charge in [0.1, 0.15) is 5.75 Å². The number of rotatable bonds is 6. The smallest absolute Gasteiger partial charge is 0.119 e. The minimum absolute atomic E-state index is 0.204. The average Bonchev–Trinajstić information content (AvgIpc) is 2.46. The molecule has 2 N–H and O–H groups in total. The van der Waals surface area contributed by atoms with E-state index < -0.39 is 0 Å². The zero-order chi connectivity index (χ0) is 14.4. The highest BCUT2D eigenvalue weighted by Crippen LogP contribution is 2.28. The van der Waals surface area contributed by atoms with Crippen molar-refractivity contribution in [1.82, 2.24) is 0 Å². The molecule has 2 aromatic rings. The molecule has 0 aliphatic heterocycles. The Morgan fingerprint density at radius 1 is 0.900 bits per heavy atom. The molecule has 0 unspecified atom stereocenters. The van der Waals surface area contributed by atoms with Gasteiger partial charge in [0, 0.05) is 5.92 Å². The van der Waals surface area contributed by atoms with E-state index in [-0.39, 0.29) is 6.10 Å². The van der Waals surface area contributed by atoms with Crippen LogP contribution in [0.2, 0.25) is 0 Å². The van der Waals surface area contributed by atoms with Crippen molar-refractivity contribution >= 4 is 0 Å². The van der Waals surface area contributed by atoms with Crippen LogP contribution in [0.5, 0.6) is 5.75 Å². The Morgan fingerprint density at radius 3 is 2.05 bits per heavy atom. The lowest BCUT2D eigenvalue weighted by atomic mass is 9.88. The Hall–Kier alpha value is -1.80. The lowest BCUT2D eigenvalue weighted by Crippen LogP contribution is -2.09. The molecule has 0 fully saturated rings. The lowest BCUT2D eigenvalue weighted by Gasteiger charge is -2.18. The molecule has 0 radical (unpaired) electrons. The highest BCUT2D eigenvalue weighted by molar-refractivity contribution is 5.36. The summed E-state index contributed by atoms with van der Waals surface area (Å²) in [6, 6.07) is 18.9. The standard InChI is InChI=1S/C18H23NO/c1-14(2)20-17-10-8-16(9-11-17)18(12-13-19)15-6-4-3-5-7-15/h3-11,14,18H,12-13,19H2,1-2H3/t18-/m1/s1. The summed E-state index contributed by atoms with van der Waals surface area (Å²) in [7, 11) is 0. The fourth-order valence-electron chi connectivity index (χ4n) is 2.43. The molecule has 0 aliphatic rings. The molecule has 2 rings (SSSR count). The summed E-state index contributed by atoms with van der Waals surface area (Å²) in [6.07, 6.45) is 1.16. The van der Waals surface area contributed by atoms with E-state index in [0.29, 0.717) is 12.5 Å². The van der Waals surface area contributed by atoms with Crippen LogP contribution in [0.25, 0.3) is 0 Å². The molecular weight excluding hydrogens is 246 g/mol. The van der Waals surface area contributed by atoms with Crippen molar-refractivity contribution in [3.63, 3.8) is 0 Å².